The van der Waals surface area contributed by atoms with Crippen LogP contribution in [0.15, 0.2) is 0 Å². The van der Waals surface area contributed by atoms with E-state index in [1.807, 2.05) is 0 Å². The molecule has 0 aromatic carbocycles. The predicted molar refractivity (Wildman–Crippen MR) is 71.7 cm³/mol. The van der Waals surface area contributed by atoms with Gasteiger partial charge in [-0.2, -0.15) is 0 Å². The molecule has 0 aliphatic heterocycles. The monoisotopic (exact) mass is 243 g/mol. The lowest BCUT2D eigenvalue weighted by Gasteiger charge is -2.30. The summed E-state index contributed by atoms with van der Waals surface area (Å²) >= 11 is 0. The van der Waals surface area contributed by atoms with Crippen molar-refractivity contribution in [2.45, 2.75) is 59.8 Å². The lowest BCUT2D eigenvalue weighted by Crippen LogP contribution is -2.24. The molecule has 102 valence electrons. The first-order valence-electron chi connectivity index (χ1n) is 6.77. The first kappa shape index (κ1) is 16.4. The van der Waals surface area contributed by atoms with Crippen LogP contribution in [0.4, 0.5) is 0 Å². The van der Waals surface area contributed by atoms with Crippen molar-refractivity contribution in [1.82, 2.24) is 0 Å². The van der Waals surface area contributed by atoms with Gasteiger partial charge < -0.3 is 10.5 Å². The number of hydrogen-bond acceptors (Lipinski definition) is 3. The van der Waals surface area contributed by atoms with Crippen LogP contribution in [0.3, 0.4) is 0 Å². The van der Waals surface area contributed by atoms with Gasteiger partial charge in [-0.1, -0.05) is 34.1 Å². The molecule has 0 fully saturated rings. The molecule has 0 spiro atoms. The summed E-state index contributed by atoms with van der Waals surface area (Å²) in [5.74, 6) is 0.427. The van der Waals surface area contributed by atoms with Crippen molar-refractivity contribution in [3.8, 4) is 0 Å². The Balaban J connectivity index is 3.92. The molecule has 0 saturated carbocycles. The minimum atomic E-state index is -0.0651. The van der Waals surface area contributed by atoms with Crippen LogP contribution in [-0.4, -0.2) is 19.1 Å². The second-order valence-corrected chi connectivity index (χ2v) is 5.75. The average molecular weight is 243 g/mol. The molecule has 3 nitrogen and oxygen atoms in total. The standard InChI is InChI=1S/C14H29NO2/c1-5-6-11-17-13(16)8-7-12(9-10-15)14(2,3)4/h12H,5-11,15H2,1-4H3. The van der Waals surface area contributed by atoms with E-state index >= 15 is 0 Å². The van der Waals surface area contributed by atoms with E-state index in [4.69, 9.17) is 10.5 Å². The maximum absolute atomic E-state index is 11.5. The van der Waals surface area contributed by atoms with E-state index in [-0.39, 0.29) is 11.4 Å². The van der Waals surface area contributed by atoms with Gasteiger partial charge in [0.05, 0.1) is 6.61 Å². The molecule has 3 heteroatoms. The van der Waals surface area contributed by atoms with Gasteiger partial charge in [-0.15, -0.1) is 0 Å². The van der Waals surface area contributed by atoms with Crippen molar-refractivity contribution in [1.29, 1.82) is 0 Å². The molecular formula is C14H29NO2. The van der Waals surface area contributed by atoms with E-state index in [2.05, 4.69) is 27.7 Å². The van der Waals surface area contributed by atoms with Crippen LogP contribution in [0.25, 0.3) is 0 Å². The molecule has 17 heavy (non-hydrogen) atoms. The Morgan fingerprint density at radius 1 is 1.29 bits per heavy atom. The smallest absolute Gasteiger partial charge is 0.305 e. The lowest BCUT2D eigenvalue weighted by molar-refractivity contribution is -0.144. The molecule has 0 bridgehead atoms. The van der Waals surface area contributed by atoms with E-state index < -0.39 is 0 Å². The van der Waals surface area contributed by atoms with Crippen molar-refractivity contribution < 1.29 is 9.53 Å². The van der Waals surface area contributed by atoms with Gasteiger partial charge in [0.25, 0.3) is 0 Å². The van der Waals surface area contributed by atoms with Crippen molar-refractivity contribution in [3.05, 3.63) is 0 Å². The van der Waals surface area contributed by atoms with E-state index in [0.717, 1.165) is 25.7 Å². The van der Waals surface area contributed by atoms with Gasteiger partial charge in [0.15, 0.2) is 0 Å². The van der Waals surface area contributed by atoms with Crippen LogP contribution in [0.5, 0.6) is 0 Å². The van der Waals surface area contributed by atoms with E-state index in [0.29, 0.717) is 25.5 Å². The Morgan fingerprint density at radius 3 is 2.41 bits per heavy atom. The fourth-order valence-corrected chi connectivity index (χ4v) is 1.91. The Labute approximate surface area is 106 Å². The molecule has 0 aliphatic rings. The van der Waals surface area contributed by atoms with Crippen molar-refractivity contribution >= 4 is 5.97 Å². The molecular weight excluding hydrogens is 214 g/mol. The third-order valence-electron chi connectivity index (χ3n) is 3.20. The number of ether oxygens (including phenoxy) is 1. The maximum atomic E-state index is 11.5. The first-order chi connectivity index (χ1) is 7.91. The van der Waals surface area contributed by atoms with Gasteiger partial charge in [0.2, 0.25) is 0 Å². The molecule has 0 radical (unpaired) electrons. The van der Waals surface area contributed by atoms with Crippen LogP contribution in [0.1, 0.15) is 59.8 Å². The van der Waals surface area contributed by atoms with Crippen LogP contribution >= 0.6 is 0 Å². The van der Waals surface area contributed by atoms with Gasteiger partial charge in [-0.25, -0.2) is 0 Å². The van der Waals surface area contributed by atoms with Crippen LogP contribution in [0.2, 0.25) is 0 Å². The number of carbonyl (C=O) groups excluding carboxylic acids is 1. The zero-order valence-corrected chi connectivity index (χ0v) is 11.9. The molecule has 0 aliphatic carbocycles. The molecule has 2 N–H and O–H groups in total. The van der Waals surface area contributed by atoms with Gasteiger partial charge in [-0.05, 0) is 37.1 Å². The molecule has 0 aromatic heterocycles. The molecule has 0 saturated heterocycles. The fraction of sp³-hybridized carbons (Fsp3) is 0.929. The summed E-state index contributed by atoms with van der Waals surface area (Å²) in [6.45, 7) is 9.95. The highest BCUT2D eigenvalue weighted by Crippen LogP contribution is 2.32. The second kappa shape index (κ2) is 8.51. The summed E-state index contributed by atoms with van der Waals surface area (Å²) in [5, 5.41) is 0. The summed E-state index contributed by atoms with van der Waals surface area (Å²) < 4.78 is 5.15. The van der Waals surface area contributed by atoms with Crippen molar-refractivity contribution in [3.63, 3.8) is 0 Å². The summed E-state index contributed by atoms with van der Waals surface area (Å²) in [4.78, 5) is 11.5. The highest BCUT2D eigenvalue weighted by Gasteiger charge is 2.24. The van der Waals surface area contributed by atoms with Crippen molar-refractivity contribution in [2.75, 3.05) is 13.2 Å². The number of nitrogens with two attached hydrogens (primary N) is 1. The molecule has 0 amide bonds. The van der Waals surface area contributed by atoms with Gasteiger partial charge in [0, 0.05) is 6.42 Å². The Bertz CT molecular complexity index is 209. The molecule has 0 rings (SSSR count). The third-order valence-corrected chi connectivity index (χ3v) is 3.20. The fourth-order valence-electron chi connectivity index (χ4n) is 1.91. The van der Waals surface area contributed by atoms with E-state index in [1.54, 1.807) is 0 Å². The summed E-state index contributed by atoms with van der Waals surface area (Å²) in [7, 11) is 0. The minimum absolute atomic E-state index is 0.0651. The predicted octanol–water partition coefficient (Wildman–Crippen LogP) is 3.12. The molecule has 0 heterocycles. The average Bonchev–Trinajstić information content (AvgIpc) is 2.23. The highest BCUT2D eigenvalue weighted by molar-refractivity contribution is 5.69. The second-order valence-electron chi connectivity index (χ2n) is 5.75. The number of carbonyl (C=O) groups is 1. The van der Waals surface area contributed by atoms with Crippen LogP contribution in [0, 0.1) is 11.3 Å². The number of esters is 1. The summed E-state index contributed by atoms with van der Waals surface area (Å²) in [6, 6.07) is 0. The molecule has 1 atom stereocenters. The molecule has 0 aromatic rings. The number of hydrogen-bond donors (Lipinski definition) is 1. The maximum Gasteiger partial charge on any atom is 0.305 e. The van der Waals surface area contributed by atoms with E-state index in [9.17, 15) is 4.79 Å². The summed E-state index contributed by atoms with van der Waals surface area (Å²) in [6.07, 6.45) is 4.39. The molecule has 1 unspecified atom stereocenters. The van der Waals surface area contributed by atoms with Gasteiger partial charge in [-0.3, -0.25) is 4.79 Å². The largest absolute Gasteiger partial charge is 0.466 e. The van der Waals surface area contributed by atoms with Gasteiger partial charge in [0.1, 0.15) is 0 Å². The normalized spacial score (nSPS) is 13.5. The zero-order chi connectivity index (χ0) is 13.3. The van der Waals surface area contributed by atoms with Crippen LogP contribution in [-0.2, 0) is 9.53 Å². The highest BCUT2D eigenvalue weighted by atomic mass is 16.5. The van der Waals surface area contributed by atoms with Crippen molar-refractivity contribution in [2.24, 2.45) is 17.1 Å². The van der Waals surface area contributed by atoms with Gasteiger partial charge >= 0.3 is 5.97 Å². The van der Waals surface area contributed by atoms with Crippen LogP contribution < -0.4 is 5.73 Å². The SMILES string of the molecule is CCCCOC(=O)CCC(CCN)C(C)(C)C. The number of rotatable bonds is 8. The first-order valence-corrected chi connectivity index (χ1v) is 6.77. The van der Waals surface area contributed by atoms with E-state index in [1.165, 1.54) is 0 Å². The number of unbranched alkanes of at least 4 members (excludes halogenated alkanes) is 1. The Morgan fingerprint density at radius 2 is 1.94 bits per heavy atom. The summed E-state index contributed by atoms with van der Waals surface area (Å²) in [5.41, 5.74) is 5.83. The Kier molecular flexibility index (Phi) is 8.23. The minimum Gasteiger partial charge on any atom is -0.466 e. The Hall–Kier alpha value is -0.570. The topological polar surface area (TPSA) is 52.3 Å². The zero-order valence-electron chi connectivity index (χ0n) is 11.9. The quantitative estimate of drug-likeness (QED) is 0.526. The third kappa shape index (κ3) is 8.19. The lowest BCUT2D eigenvalue weighted by atomic mass is 9.76.